The molecule has 0 radical (unpaired) electrons. The van der Waals surface area contributed by atoms with E-state index < -0.39 is 0 Å². The van der Waals surface area contributed by atoms with E-state index in [0.29, 0.717) is 11.7 Å². The van der Waals surface area contributed by atoms with Crippen molar-refractivity contribution in [2.45, 2.75) is 37.0 Å². The summed E-state index contributed by atoms with van der Waals surface area (Å²) in [6.45, 7) is 0. The van der Waals surface area contributed by atoms with Gasteiger partial charge >= 0.3 is 0 Å². The molecule has 0 atom stereocenters. The van der Waals surface area contributed by atoms with Crippen LogP contribution < -0.4 is 5.32 Å². The Morgan fingerprint density at radius 3 is 2.84 bits per heavy atom. The Bertz CT molecular complexity index is 564. The zero-order valence-corrected chi connectivity index (χ0v) is 12.3. The summed E-state index contributed by atoms with van der Waals surface area (Å²) in [6, 6.07) is 0.459. The van der Waals surface area contributed by atoms with E-state index >= 15 is 0 Å². The maximum Gasteiger partial charge on any atom is 0.226 e. The molecule has 2 heterocycles. The highest BCUT2D eigenvalue weighted by molar-refractivity contribution is 7.99. The molecule has 0 bridgehead atoms. The van der Waals surface area contributed by atoms with Gasteiger partial charge in [0.05, 0.1) is 6.33 Å². The summed E-state index contributed by atoms with van der Waals surface area (Å²) in [5.74, 6) is 0.764. The first-order valence-electron chi connectivity index (χ1n) is 6.42. The van der Waals surface area contributed by atoms with Crippen molar-refractivity contribution in [2.75, 3.05) is 11.6 Å². The van der Waals surface area contributed by atoms with Crippen molar-refractivity contribution in [2.24, 2.45) is 0 Å². The molecule has 19 heavy (non-hydrogen) atoms. The monoisotopic (exact) mass is 297 g/mol. The van der Waals surface area contributed by atoms with Crippen molar-refractivity contribution in [3.8, 4) is 0 Å². The largest absolute Gasteiger partial charge is 0.365 e. The molecule has 1 saturated carbocycles. The first kappa shape index (κ1) is 13.0. The van der Waals surface area contributed by atoms with Gasteiger partial charge in [-0.3, -0.25) is 0 Å². The Labute approximate surface area is 121 Å². The number of nitrogens with one attached hydrogen (secondary N) is 2. The van der Waals surface area contributed by atoms with Crippen LogP contribution in [0.25, 0.3) is 11.2 Å². The van der Waals surface area contributed by atoms with Crippen molar-refractivity contribution in [3.63, 3.8) is 0 Å². The Balaban J connectivity index is 1.76. The molecule has 5 nitrogen and oxygen atoms in total. The van der Waals surface area contributed by atoms with Crippen LogP contribution in [-0.2, 0) is 0 Å². The first-order valence-corrected chi connectivity index (χ1v) is 8.09. The summed E-state index contributed by atoms with van der Waals surface area (Å²) < 4.78 is 0. The van der Waals surface area contributed by atoms with Gasteiger partial charge in [0.25, 0.3) is 0 Å². The number of thioether (sulfide) groups is 1. The molecule has 1 fully saturated rings. The third-order valence-electron chi connectivity index (χ3n) is 3.61. The molecule has 1 aliphatic rings. The number of nitrogens with zero attached hydrogens (tertiary/aromatic N) is 3. The number of fused-ring (bicyclic) bond motifs is 1. The number of aromatic nitrogens is 4. The maximum absolute atomic E-state index is 5.92. The molecule has 1 aliphatic carbocycles. The Hall–Kier alpha value is -1.01. The van der Waals surface area contributed by atoms with Crippen molar-refractivity contribution in [1.29, 1.82) is 0 Å². The quantitative estimate of drug-likeness (QED) is 0.852. The number of H-pyrrole nitrogens is 1. The highest BCUT2D eigenvalue weighted by atomic mass is 35.5. The lowest BCUT2D eigenvalue weighted by atomic mass is 9.95. The summed E-state index contributed by atoms with van der Waals surface area (Å²) in [7, 11) is 0. The number of hydrogen-bond acceptors (Lipinski definition) is 5. The molecule has 2 aromatic heterocycles. The van der Waals surface area contributed by atoms with Gasteiger partial charge in [0.1, 0.15) is 5.52 Å². The molecule has 0 amide bonds. The second-order valence-corrected chi connectivity index (χ2v) is 6.27. The predicted molar refractivity (Wildman–Crippen MR) is 79.9 cm³/mol. The minimum absolute atomic E-state index is 0.236. The lowest BCUT2D eigenvalue weighted by molar-refractivity contribution is 0.472. The Kier molecular flexibility index (Phi) is 3.79. The van der Waals surface area contributed by atoms with Gasteiger partial charge in [0, 0.05) is 11.3 Å². The highest BCUT2D eigenvalue weighted by Crippen LogP contribution is 2.29. The van der Waals surface area contributed by atoms with Crippen LogP contribution in [0.4, 0.5) is 5.82 Å². The highest BCUT2D eigenvalue weighted by Gasteiger charge is 2.21. The van der Waals surface area contributed by atoms with E-state index in [1.54, 1.807) is 6.33 Å². The fourth-order valence-corrected chi connectivity index (χ4v) is 3.46. The van der Waals surface area contributed by atoms with Crippen LogP contribution in [0.1, 0.15) is 25.7 Å². The third-order valence-corrected chi connectivity index (χ3v) is 4.91. The summed E-state index contributed by atoms with van der Waals surface area (Å²) >= 11 is 7.89. The number of rotatable bonds is 3. The molecule has 0 aliphatic heterocycles. The average Bonchev–Trinajstić information content (AvgIpc) is 2.88. The molecular formula is C12H16ClN5S. The molecule has 0 aromatic carbocycles. The van der Waals surface area contributed by atoms with Crippen LogP contribution in [0.15, 0.2) is 6.33 Å². The number of imidazole rings is 1. The van der Waals surface area contributed by atoms with Gasteiger partial charge in [0.2, 0.25) is 5.28 Å². The lowest BCUT2D eigenvalue weighted by Crippen LogP contribution is -2.27. The second-order valence-electron chi connectivity index (χ2n) is 4.80. The number of halogens is 1. The maximum atomic E-state index is 5.92. The first-order chi connectivity index (χ1) is 9.26. The molecule has 2 aromatic rings. The van der Waals surface area contributed by atoms with Gasteiger partial charge < -0.3 is 10.3 Å². The number of anilines is 1. The van der Waals surface area contributed by atoms with E-state index in [2.05, 4.69) is 31.5 Å². The second kappa shape index (κ2) is 5.54. The molecule has 0 unspecified atom stereocenters. The molecular weight excluding hydrogens is 282 g/mol. The van der Waals surface area contributed by atoms with Gasteiger partial charge in [-0.1, -0.05) is 0 Å². The summed E-state index contributed by atoms with van der Waals surface area (Å²) in [5, 5.41) is 4.52. The lowest BCUT2D eigenvalue weighted by Gasteiger charge is -2.28. The van der Waals surface area contributed by atoms with E-state index in [-0.39, 0.29) is 5.28 Å². The van der Waals surface area contributed by atoms with Gasteiger partial charge in [-0.25, -0.2) is 4.98 Å². The van der Waals surface area contributed by atoms with Crippen molar-refractivity contribution in [3.05, 3.63) is 11.6 Å². The van der Waals surface area contributed by atoms with E-state index in [9.17, 15) is 0 Å². The SMILES string of the molecule is CSC1CCC(Nc2nc(Cl)nc3nc[nH]c23)CC1. The molecule has 3 rings (SSSR count). The van der Waals surface area contributed by atoms with Gasteiger partial charge in [-0.15, -0.1) is 0 Å². The normalized spacial score (nSPS) is 23.7. The van der Waals surface area contributed by atoms with Crippen molar-refractivity contribution >= 4 is 40.3 Å². The predicted octanol–water partition coefficient (Wildman–Crippen LogP) is 3.09. The summed E-state index contributed by atoms with van der Waals surface area (Å²) in [6.07, 6.45) is 8.65. The van der Waals surface area contributed by atoms with E-state index in [1.165, 1.54) is 25.7 Å². The van der Waals surface area contributed by atoms with Crippen molar-refractivity contribution in [1.82, 2.24) is 19.9 Å². The van der Waals surface area contributed by atoms with Gasteiger partial charge in [0.15, 0.2) is 11.5 Å². The summed E-state index contributed by atoms with van der Waals surface area (Å²) in [5.41, 5.74) is 1.44. The minimum Gasteiger partial charge on any atom is -0.365 e. The number of hydrogen-bond donors (Lipinski definition) is 2. The van der Waals surface area contributed by atoms with Crippen LogP contribution in [-0.4, -0.2) is 37.5 Å². The molecule has 102 valence electrons. The Morgan fingerprint density at radius 2 is 2.11 bits per heavy atom. The van der Waals surface area contributed by atoms with Crippen LogP contribution >= 0.6 is 23.4 Å². The van der Waals surface area contributed by atoms with Crippen molar-refractivity contribution < 1.29 is 0 Å². The van der Waals surface area contributed by atoms with Crippen LogP contribution in [0.2, 0.25) is 5.28 Å². The smallest absolute Gasteiger partial charge is 0.226 e. The van der Waals surface area contributed by atoms with Gasteiger partial charge in [-0.05, 0) is 43.5 Å². The zero-order valence-electron chi connectivity index (χ0n) is 10.7. The standard InChI is InChI=1S/C12H16ClN5S/c1-19-8-4-2-7(3-5-8)16-11-9-10(15-6-14-9)17-12(13)18-11/h6-8H,2-5H2,1H3,(H2,14,15,16,17,18). The molecule has 0 saturated heterocycles. The minimum atomic E-state index is 0.236. The van der Waals surface area contributed by atoms with E-state index in [0.717, 1.165) is 16.6 Å². The van der Waals surface area contributed by atoms with E-state index in [4.69, 9.17) is 11.6 Å². The molecule has 2 N–H and O–H groups in total. The topological polar surface area (TPSA) is 66.5 Å². The van der Waals surface area contributed by atoms with E-state index in [1.807, 2.05) is 11.8 Å². The fourth-order valence-electron chi connectivity index (χ4n) is 2.55. The fraction of sp³-hybridized carbons (Fsp3) is 0.583. The number of aromatic amines is 1. The average molecular weight is 298 g/mol. The summed E-state index contributed by atoms with van der Waals surface area (Å²) in [4.78, 5) is 15.5. The van der Waals surface area contributed by atoms with Crippen LogP contribution in [0.5, 0.6) is 0 Å². The van der Waals surface area contributed by atoms with Crippen LogP contribution in [0.3, 0.4) is 0 Å². The Morgan fingerprint density at radius 1 is 1.32 bits per heavy atom. The molecule has 0 spiro atoms. The van der Waals surface area contributed by atoms with Crippen LogP contribution in [0, 0.1) is 0 Å². The van der Waals surface area contributed by atoms with Gasteiger partial charge in [-0.2, -0.15) is 21.7 Å². The zero-order chi connectivity index (χ0) is 13.2. The third kappa shape index (κ3) is 2.79. The molecule has 7 heteroatoms.